The normalized spacial score (nSPS) is 11.4. The van der Waals surface area contributed by atoms with E-state index in [1.54, 1.807) is 6.33 Å². The van der Waals surface area contributed by atoms with Gasteiger partial charge in [-0.05, 0) is 27.7 Å². The van der Waals surface area contributed by atoms with E-state index in [1.807, 2.05) is 10.9 Å². The maximum absolute atomic E-state index is 4.39. The van der Waals surface area contributed by atoms with Gasteiger partial charge in [-0.25, -0.2) is 14.6 Å². The third kappa shape index (κ3) is 1.97. The molecule has 0 saturated heterocycles. The first-order valence-corrected chi connectivity index (χ1v) is 6.12. The second-order valence-electron chi connectivity index (χ2n) is 4.29. The summed E-state index contributed by atoms with van der Waals surface area (Å²) in [5.41, 5.74) is 0.914. The molecule has 92 valence electrons. The third-order valence-corrected chi connectivity index (χ3v) is 2.92. The van der Waals surface area contributed by atoms with Crippen LogP contribution in [0.4, 0.5) is 5.82 Å². The Morgan fingerprint density at radius 2 is 1.94 bits per heavy atom. The van der Waals surface area contributed by atoms with Crippen LogP contribution >= 0.6 is 0 Å². The van der Waals surface area contributed by atoms with Gasteiger partial charge < -0.3 is 4.90 Å². The largest absolute Gasteiger partial charge is 0.356 e. The molecular weight excluding hydrogens is 214 g/mol. The van der Waals surface area contributed by atoms with Crippen LogP contribution in [0.25, 0.3) is 11.0 Å². The van der Waals surface area contributed by atoms with Gasteiger partial charge in [0, 0.05) is 19.1 Å². The lowest BCUT2D eigenvalue weighted by atomic mass is 10.3. The summed E-state index contributed by atoms with van der Waals surface area (Å²) in [6.07, 6.45) is 3.49. The lowest BCUT2D eigenvalue weighted by Gasteiger charge is -2.20. The summed E-state index contributed by atoms with van der Waals surface area (Å²) in [4.78, 5) is 10.9. The van der Waals surface area contributed by atoms with Crippen LogP contribution in [0.15, 0.2) is 12.5 Å². The van der Waals surface area contributed by atoms with Gasteiger partial charge in [-0.15, -0.1) is 0 Å². The van der Waals surface area contributed by atoms with Gasteiger partial charge in [-0.1, -0.05) is 0 Å². The van der Waals surface area contributed by atoms with Gasteiger partial charge in [0.2, 0.25) is 0 Å². The van der Waals surface area contributed by atoms with Crippen LogP contribution in [0.3, 0.4) is 0 Å². The molecule has 0 atom stereocenters. The van der Waals surface area contributed by atoms with Crippen LogP contribution < -0.4 is 4.90 Å². The zero-order chi connectivity index (χ0) is 12.4. The number of nitrogens with zero attached hydrogens (tertiary/aromatic N) is 5. The highest BCUT2D eigenvalue weighted by Gasteiger charge is 2.14. The number of rotatable bonds is 4. The molecule has 0 N–H and O–H groups in total. The van der Waals surface area contributed by atoms with Gasteiger partial charge >= 0.3 is 0 Å². The van der Waals surface area contributed by atoms with Crippen molar-refractivity contribution in [1.82, 2.24) is 19.7 Å². The zero-order valence-corrected chi connectivity index (χ0v) is 10.9. The lowest BCUT2D eigenvalue weighted by Crippen LogP contribution is -2.23. The predicted octanol–water partition coefficient (Wildman–Crippen LogP) is 2.25. The molecule has 2 heterocycles. The molecule has 0 aliphatic heterocycles. The second kappa shape index (κ2) is 4.69. The number of hydrogen-bond acceptors (Lipinski definition) is 4. The zero-order valence-electron chi connectivity index (χ0n) is 10.9. The summed E-state index contributed by atoms with van der Waals surface area (Å²) >= 11 is 0. The minimum atomic E-state index is 0.312. The highest BCUT2D eigenvalue weighted by atomic mass is 15.3. The fraction of sp³-hybridized carbons (Fsp3) is 0.583. The number of hydrogen-bond donors (Lipinski definition) is 0. The predicted molar refractivity (Wildman–Crippen MR) is 69.3 cm³/mol. The molecule has 0 bridgehead atoms. The lowest BCUT2D eigenvalue weighted by molar-refractivity contribution is 0.546. The summed E-state index contributed by atoms with van der Waals surface area (Å²) in [6, 6.07) is 0.312. The molecule has 17 heavy (non-hydrogen) atoms. The molecule has 2 rings (SSSR count). The highest BCUT2D eigenvalue weighted by molar-refractivity contribution is 5.86. The molecule has 0 spiro atoms. The van der Waals surface area contributed by atoms with Crippen molar-refractivity contribution in [3.05, 3.63) is 12.5 Å². The highest BCUT2D eigenvalue weighted by Crippen LogP contribution is 2.23. The Morgan fingerprint density at radius 3 is 2.53 bits per heavy atom. The van der Waals surface area contributed by atoms with Gasteiger partial charge in [0.05, 0.1) is 11.6 Å². The summed E-state index contributed by atoms with van der Waals surface area (Å²) in [7, 11) is 0. The van der Waals surface area contributed by atoms with Gasteiger partial charge in [0.25, 0.3) is 0 Å². The monoisotopic (exact) mass is 233 g/mol. The van der Waals surface area contributed by atoms with Crippen molar-refractivity contribution < 1.29 is 0 Å². The van der Waals surface area contributed by atoms with E-state index in [9.17, 15) is 0 Å². The minimum absolute atomic E-state index is 0.312. The molecule has 0 radical (unpaired) electrons. The first-order valence-electron chi connectivity index (χ1n) is 6.12. The Hall–Kier alpha value is -1.65. The Bertz CT molecular complexity index is 499. The Kier molecular flexibility index (Phi) is 3.26. The van der Waals surface area contributed by atoms with Crippen LogP contribution in [0.2, 0.25) is 0 Å². The Labute approximate surface area is 101 Å². The average molecular weight is 233 g/mol. The number of fused-ring (bicyclic) bond motifs is 1. The molecule has 2 aromatic heterocycles. The molecule has 2 aromatic rings. The second-order valence-corrected chi connectivity index (χ2v) is 4.29. The molecule has 0 aromatic carbocycles. The molecule has 0 saturated carbocycles. The van der Waals surface area contributed by atoms with E-state index in [1.165, 1.54) is 0 Å². The van der Waals surface area contributed by atoms with Crippen LogP contribution in [0.5, 0.6) is 0 Å². The standard InChI is InChI=1S/C12H19N5/c1-5-16(6-2)11-10-7-15-17(9(3)4)12(10)14-8-13-11/h7-9H,5-6H2,1-4H3. The van der Waals surface area contributed by atoms with Crippen molar-refractivity contribution in [1.29, 1.82) is 0 Å². The average Bonchev–Trinajstić information content (AvgIpc) is 2.75. The fourth-order valence-corrected chi connectivity index (χ4v) is 2.00. The summed E-state index contributed by atoms with van der Waals surface area (Å²) in [6.45, 7) is 10.3. The van der Waals surface area contributed by atoms with E-state index < -0.39 is 0 Å². The van der Waals surface area contributed by atoms with Crippen LogP contribution in [0.1, 0.15) is 33.7 Å². The smallest absolute Gasteiger partial charge is 0.163 e. The van der Waals surface area contributed by atoms with E-state index in [-0.39, 0.29) is 0 Å². The molecular formula is C12H19N5. The SMILES string of the molecule is CCN(CC)c1ncnc2c1cnn2C(C)C. The van der Waals surface area contributed by atoms with E-state index in [2.05, 4.69) is 47.7 Å². The molecule has 0 aliphatic rings. The van der Waals surface area contributed by atoms with E-state index in [0.29, 0.717) is 6.04 Å². The van der Waals surface area contributed by atoms with E-state index in [4.69, 9.17) is 0 Å². The molecule has 0 unspecified atom stereocenters. The Balaban J connectivity index is 2.59. The van der Waals surface area contributed by atoms with Crippen molar-refractivity contribution in [3.8, 4) is 0 Å². The van der Waals surface area contributed by atoms with Crippen molar-refractivity contribution in [2.75, 3.05) is 18.0 Å². The molecule has 5 heteroatoms. The van der Waals surface area contributed by atoms with Gasteiger partial charge in [0.15, 0.2) is 5.65 Å². The van der Waals surface area contributed by atoms with Crippen LogP contribution in [-0.2, 0) is 0 Å². The Morgan fingerprint density at radius 1 is 1.24 bits per heavy atom. The molecule has 0 amide bonds. The summed E-state index contributed by atoms with van der Waals surface area (Å²) < 4.78 is 1.93. The van der Waals surface area contributed by atoms with Crippen LogP contribution in [-0.4, -0.2) is 32.8 Å². The van der Waals surface area contributed by atoms with E-state index in [0.717, 1.165) is 29.9 Å². The van der Waals surface area contributed by atoms with Crippen LogP contribution in [0, 0.1) is 0 Å². The van der Waals surface area contributed by atoms with Crippen molar-refractivity contribution >= 4 is 16.9 Å². The van der Waals surface area contributed by atoms with Gasteiger partial charge in [0.1, 0.15) is 12.1 Å². The summed E-state index contributed by atoms with van der Waals surface area (Å²) in [5.74, 6) is 0.979. The third-order valence-electron chi connectivity index (χ3n) is 2.92. The molecule has 0 fully saturated rings. The fourth-order valence-electron chi connectivity index (χ4n) is 2.00. The van der Waals surface area contributed by atoms with Crippen molar-refractivity contribution in [2.45, 2.75) is 33.7 Å². The first kappa shape index (κ1) is 11.8. The number of anilines is 1. The quantitative estimate of drug-likeness (QED) is 0.812. The maximum Gasteiger partial charge on any atom is 0.163 e. The first-order chi connectivity index (χ1) is 8.19. The van der Waals surface area contributed by atoms with Crippen molar-refractivity contribution in [2.24, 2.45) is 0 Å². The maximum atomic E-state index is 4.39. The van der Waals surface area contributed by atoms with Gasteiger partial charge in [-0.2, -0.15) is 5.10 Å². The van der Waals surface area contributed by atoms with Gasteiger partial charge in [-0.3, -0.25) is 0 Å². The summed E-state index contributed by atoms with van der Waals surface area (Å²) in [5, 5.41) is 5.43. The molecule has 5 nitrogen and oxygen atoms in total. The number of aromatic nitrogens is 4. The topological polar surface area (TPSA) is 46.8 Å². The van der Waals surface area contributed by atoms with E-state index >= 15 is 0 Å². The molecule has 0 aliphatic carbocycles. The minimum Gasteiger partial charge on any atom is -0.356 e. The van der Waals surface area contributed by atoms with Crippen molar-refractivity contribution in [3.63, 3.8) is 0 Å².